The molecule has 0 atom stereocenters. The highest BCUT2D eigenvalue weighted by Gasteiger charge is 2.13. The number of primary sulfonamides is 1. The van der Waals surface area contributed by atoms with Crippen LogP contribution in [-0.2, 0) is 10.0 Å². The molecule has 118 valence electrons. The molecule has 0 unspecified atom stereocenters. The number of aromatic hydroxyl groups is 1. The molecule has 0 bridgehead atoms. The number of nitrogens with one attached hydrogen (secondary N) is 1. The van der Waals surface area contributed by atoms with E-state index < -0.39 is 10.0 Å². The summed E-state index contributed by atoms with van der Waals surface area (Å²) in [4.78, 5) is 2.84. The van der Waals surface area contributed by atoms with Crippen molar-refractivity contribution in [1.29, 1.82) is 0 Å². The van der Waals surface area contributed by atoms with Gasteiger partial charge < -0.3 is 10.1 Å². The number of H-pyrrole nitrogens is 1. The fourth-order valence-corrected chi connectivity index (χ4v) is 3.35. The fraction of sp³-hybridized carbons (Fsp3) is 0. The molecule has 9 heteroatoms. The molecule has 0 spiro atoms. The van der Waals surface area contributed by atoms with Gasteiger partial charge in [-0.2, -0.15) is 5.11 Å². The molecule has 1 aromatic heterocycles. The van der Waals surface area contributed by atoms with E-state index in [9.17, 15) is 13.5 Å². The van der Waals surface area contributed by atoms with E-state index in [1.807, 2.05) is 18.2 Å². The Balaban J connectivity index is 1.99. The summed E-state index contributed by atoms with van der Waals surface area (Å²) in [6.07, 6.45) is 0. The molecule has 4 N–H and O–H groups in total. The summed E-state index contributed by atoms with van der Waals surface area (Å²) in [5, 5.41) is 23.9. The summed E-state index contributed by atoms with van der Waals surface area (Å²) < 4.78 is 23.3. The Bertz CT molecular complexity index is 1010. The number of aromatic amines is 1. The Morgan fingerprint density at radius 1 is 1.09 bits per heavy atom. The predicted octanol–water partition coefficient (Wildman–Crippen LogP) is 3.54. The van der Waals surface area contributed by atoms with Gasteiger partial charge in [-0.05, 0) is 59.0 Å². The van der Waals surface area contributed by atoms with Crippen LogP contribution in [-0.4, -0.2) is 18.5 Å². The van der Waals surface area contributed by atoms with Gasteiger partial charge in [0.1, 0.15) is 0 Å². The third-order valence-electron chi connectivity index (χ3n) is 3.16. The number of benzene rings is 2. The molecular weight excluding hydrogens is 431 g/mol. The van der Waals surface area contributed by atoms with Gasteiger partial charge in [-0.15, -0.1) is 5.11 Å². The first-order valence-corrected chi connectivity index (χ1v) is 9.02. The zero-order valence-electron chi connectivity index (χ0n) is 11.6. The molecule has 0 saturated carbocycles. The van der Waals surface area contributed by atoms with Gasteiger partial charge >= 0.3 is 0 Å². The zero-order valence-corrected chi connectivity index (χ0v) is 14.5. The van der Waals surface area contributed by atoms with Crippen LogP contribution in [0.1, 0.15) is 0 Å². The second-order valence-corrected chi connectivity index (χ2v) is 7.45. The van der Waals surface area contributed by atoms with Crippen LogP contribution in [0.2, 0.25) is 0 Å². The van der Waals surface area contributed by atoms with Crippen molar-refractivity contribution in [3.8, 4) is 5.88 Å². The second kappa shape index (κ2) is 5.91. The van der Waals surface area contributed by atoms with Crippen LogP contribution < -0.4 is 5.14 Å². The van der Waals surface area contributed by atoms with Crippen molar-refractivity contribution in [1.82, 2.24) is 4.98 Å². The largest absolute Gasteiger partial charge is 0.493 e. The molecular formula is C14H11IN4O3S. The van der Waals surface area contributed by atoms with Gasteiger partial charge in [-0.25, -0.2) is 13.6 Å². The van der Waals surface area contributed by atoms with Crippen LogP contribution in [0.4, 0.5) is 11.4 Å². The maximum absolute atomic E-state index is 11.2. The topological polar surface area (TPSA) is 121 Å². The molecule has 0 aliphatic carbocycles. The number of fused-ring (bicyclic) bond motifs is 1. The predicted molar refractivity (Wildman–Crippen MR) is 94.7 cm³/mol. The average molecular weight is 442 g/mol. The molecule has 0 aliphatic heterocycles. The first-order chi connectivity index (χ1) is 10.9. The van der Waals surface area contributed by atoms with Gasteiger partial charge in [0.2, 0.25) is 15.9 Å². The molecule has 1 heterocycles. The summed E-state index contributed by atoms with van der Waals surface area (Å²) in [5.74, 6) is -0.0750. The van der Waals surface area contributed by atoms with E-state index >= 15 is 0 Å². The minimum atomic E-state index is -3.74. The highest BCUT2D eigenvalue weighted by Crippen LogP contribution is 2.38. The maximum Gasteiger partial charge on any atom is 0.238 e. The first kappa shape index (κ1) is 15.9. The van der Waals surface area contributed by atoms with Crippen LogP contribution in [0, 0.1) is 3.57 Å². The third kappa shape index (κ3) is 3.21. The smallest absolute Gasteiger partial charge is 0.238 e. The Morgan fingerprint density at radius 2 is 1.78 bits per heavy atom. The van der Waals surface area contributed by atoms with Gasteiger partial charge in [0.05, 0.1) is 16.1 Å². The minimum Gasteiger partial charge on any atom is -0.493 e. The molecule has 2 aromatic carbocycles. The molecule has 23 heavy (non-hydrogen) atoms. The molecule has 7 nitrogen and oxygen atoms in total. The van der Waals surface area contributed by atoms with Crippen LogP contribution in [0.3, 0.4) is 0 Å². The number of aromatic nitrogens is 1. The van der Waals surface area contributed by atoms with E-state index in [2.05, 4.69) is 37.8 Å². The van der Waals surface area contributed by atoms with Crippen molar-refractivity contribution < 1.29 is 13.5 Å². The number of nitrogens with zero attached hydrogens (tertiary/aromatic N) is 2. The molecule has 0 amide bonds. The number of hydrogen-bond acceptors (Lipinski definition) is 5. The van der Waals surface area contributed by atoms with Gasteiger partial charge in [0.15, 0.2) is 5.69 Å². The Kier molecular flexibility index (Phi) is 4.08. The zero-order chi connectivity index (χ0) is 16.6. The van der Waals surface area contributed by atoms with E-state index in [0.717, 1.165) is 14.5 Å². The molecule has 0 aliphatic rings. The SMILES string of the molecule is NS(=O)(=O)c1ccc(N=Nc2c(O)[nH]c3cccc(I)c23)cc1. The normalized spacial score (nSPS) is 12.3. The maximum atomic E-state index is 11.2. The third-order valence-corrected chi connectivity index (χ3v) is 4.99. The van der Waals surface area contributed by atoms with E-state index in [-0.39, 0.29) is 10.8 Å². The number of halogens is 1. The van der Waals surface area contributed by atoms with E-state index in [1.165, 1.54) is 24.3 Å². The van der Waals surface area contributed by atoms with E-state index in [1.54, 1.807) is 0 Å². The summed E-state index contributed by atoms with van der Waals surface area (Å²) in [5.41, 5.74) is 1.53. The Hall–Kier alpha value is -1.98. The van der Waals surface area contributed by atoms with Crippen molar-refractivity contribution >= 4 is 54.9 Å². The second-order valence-electron chi connectivity index (χ2n) is 4.72. The lowest BCUT2D eigenvalue weighted by molar-refractivity contribution is 0.459. The quantitative estimate of drug-likeness (QED) is 0.425. The highest BCUT2D eigenvalue weighted by molar-refractivity contribution is 14.1. The number of rotatable bonds is 3. The summed E-state index contributed by atoms with van der Waals surface area (Å²) in [7, 11) is -3.74. The summed E-state index contributed by atoms with van der Waals surface area (Å²) in [6, 6.07) is 11.3. The molecule has 0 fully saturated rings. The number of nitrogens with two attached hydrogens (primary N) is 1. The van der Waals surface area contributed by atoms with Gasteiger partial charge in [-0.3, -0.25) is 0 Å². The average Bonchev–Trinajstić information content (AvgIpc) is 2.81. The van der Waals surface area contributed by atoms with Crippen molar-refractivity contribution in [2.75, 3.05) is 0 Å². The van der Waals surface area contributed by atoms with Crippen molar-refractivity contribution in [2.45, 2.75) is 4.90 Å². The lowest BCUT2D eigenvalue weighted by Gasteiger charge is -1.98. The van der Waals surface area contributed by atoms with Crippen molar-refractivity contribution in [2.24, 2.45) is 15.4 Å². The summed E-state index contributed by atoms with van der Waals surface area (Å²) >= 11 is 2.15. The molecule has 3 aromatic rings. The lowest BCUT2D eigenvalue weighted by atomic mass is 10.2. The Labute approximate surface area is 145 Å². The first-order valence-electron chi connectivity index (χ1n) is 6.40. The van der Waals surface area contributed by atoms with Crippen molar-refractivity contribution in [3.63, 3.8) is 0 Å². The molecule has 3 rings (SSSR count). The summed E-state index contributed by atoms with van der Waals surface area (Å²) in [6.45, 7) is 0. The van der Waals surface area contributed by atoms with Crippen molar-refractivity contribution in [3.05, 3.63) is 46.0 Å². The highest BCUT2D eigenvalue weighted by atomic mass is 127. The molecule has 0 saturated heterocycles. The molecule has 0 radical (unpaired) electrons. The van der Waals surface area contributed by atoms with Crippen LogP contribution >= 0.6 is 22.6 Å². The monoisotopic (exact) mass is 442 g/mol. The van der Waals surface area contributed by atoms with E-state index in [0.29, 0.717) is 11.4 Å². The Morgan fingerprint density at radius 3 is 2.43 bits per heavy atom. The number of sulfonamides is 1. The lowest BCUT2D eigenvalue weighted by Crippen LogP contribution is -2.11. The van der Waals surface area contributed by atoms with Crippen LogP contribution in [0.5, 0.6) is 5.88 Å². The van der Waals surface area contributed by atoms with Gasteiger partial charge in [0, 0.05) is 8.96 Å². The standard InChI is InChI=1S/C14H11IN4O3S/c15-10-2-1-3-11-12(10)13(14(20)17-11)19-18-8-4-6-9(7-5-8)23(16,21)22/h1-7,17,20H,(H2,16,21,22). The van der Waals surface area contributed by atoms with Gasteiger partial charge in [-0.1, -0.05) is 6.07 Å². The van der Waals surface area contributed by atoms with Crippen LogP contribution in [0.25, 0.3) is 10.9 Å². The van der Waals surface area contributed by atoms with E-state index in [4.69, 9.17) is 5.14 Å². The number of hydrogen-bond donors (Lipinski definition) is 3. The minimum absolute atomic E-state index is 0.000870. The fourth-order valence-electron chi connectivity index (χ4n) is 2.08. The van der Waals surface area contributed by atoms with Crippen LogP contribution in [0.15, 0.2) is 57.6 Å². The number of azo groups is 1. The van der Waals surface area contributed by atoms with Gasteiger partial charge in [0.25, 0.3) is 0 Å².